The summed E-state index contributed by atoms with van der Waals surface area (Å²) in [5, 5.41) is 3.40. The molecule has 8 nitrogen and oxygen atoms in total. The summed E-state index contributed by atoms with van der Waals surface area (Å²) in [6, 6.07) is 13.2. The molecule has 0 aliphatic carbocycles. The van der Waals surface area contributed by atoms with Crippen molar-refractivity contribution in [3.05, 3.63) is 70.2 Å². The number of hydrogen-bond acceptors (Lipinski definition) is 6. The molecule has 0 atom stereocenters. The molecule has 0 aliphatic heterocycles. The average Bonchev–Trinajstić information content (AvgIpc) is 2.80. The summed E-state index contributed by atoms with van der Waals surface area (Å²) in [5.41, 5.74) is 0.633. The molecule has 0 bridgehead atoms. The summed E-state index contributed by atoms with van der Waals surface area (Å²) in [7, 11) is 0.108. The van der Waals surface area contributed by atoms with Crippen LogP contribution in [-0.4, -0.2) is 35.7 Å². The van der Waals surface area contributed by atoms with Crippen LogP contribution in [0.2, 0.25) is 10.0 Å². The lowest BCUT2D eigenvalue weighted by atomic mass is 10.2. The number of halogens is 2. The van der Waals surface area contributed by atoms with Crippen LogP contribution in [0.3, 0.4) is 0 Å². The number of methoxy groups -OCH3 is 3. The number of nitrogens with one attached hydrogen (secondary N) is 2. The number of rotatable bonds is 8. The average molecular weight is 511 g/mol. The van der Waals surface area contributed by atoms with Crippen LogP contribution in [0, 0.1) is 0 Å². The van der Waals surface area contributed by atoms with Crippen molar-refractivity contribution >= 4 is 50.5 Å². The number of carbonyl (C=O) groups is 1. The smallest absolute Gasteiger partial charge is 0.262 e. The van der Waals surface area contributed by atoms with Crippen molar-refractivity contribution in [3.63, 3.8) is 0 Å². The fourth-order valence-corrected chi connectivity index (χ4v) is 4.34. The molecule has 3 aromatic carbocycles. The third kappa shape index (κ3) is 5.62. The van der Waals surface area contributed by atoms with E-state index in [-0.39, 0.29) is 38.5 Å². The normalized spacial score (nSPS) is 10.9. The van der Waals surface area contributed by atoms with E-state index < -0.39 is 15.9 Å². The van der Waals surface area contributed by atoms with Gasteiger partial charge in [0.05, 0.1) is 42.6 Å². The Labute approximate surface area is 201 Å². The van der Waals surface area contributed by atoms with Gasteiger partial charge in [-0.1, -0.05) is 23.2 Å². The zero-order chi connectivity index (χ0) is 24.2. The van der Waals surface area contributed by atoms with Gasteiger partial charge in [-0.3, -0.25) is 9.52 Å². The van der Waals surface area contributed by atoms with Crippen LogP contribution in [0.4, 0.5) is 11.4 Å². The Kier molecular flexibility index (Phi) is 7.57. The van der Waals surface area contributed by atoms with Crippen molar-refractivity contribution < 1.29 is 27.4 Å². The van der Waals surface area contributed by atoms with Crippen LogP contribution in [-0.2, 0) is 10.0 Å². The maximum atomic E-state index is 13.1. The topological polar surface area (TPSA) is 103 Å². The largest absolute Gasteiger partial charge is 0.495 e. The third-order valence-electron chi connectivity index (χ3n) is 4.55. The standard InChI is InChI=1S/C22H20Cl2N2O6S/c1-30-19-9-8-15(10-17(19)25-22(27)13-4-6-14(23)7-5-13)33(28,29)26-18-12-20(31-2)16(24)11-21(18)32-3/h4-12,26H,1-3H3,(H,25,27). The van der Waals surface area contributed by atoms with Crippen molar-refractivity contribution in [2.75, 3.05) is 31.4 Å². The Balaban J connectivity index is 1.94. The molecule has 0 fully saturated rings. The minimum atomic E-state index is -4.09. The van der Waals surface area contributed by atoms with E-state index in [0.29, 0.717) is 10.6 Å². The van der Waals surface area contributed by atoms with E-state index in [4.69, 9.17) is 37.4 Å². The van der Waals surface area contributed by atoms with E-state index >= 15 is 0 Å². The molecule has 0 aliphatic rings. The number of hydrogen-bond donors (Lipinski definition) is 2. The minimum absolute atomic E-state index is 0.120. The first kappa shape index (κ1) is 24.5. The molecule has 0 aromatic heterocycles. The molecular formula is C22H20Cl2N2O6S. The molecule has 174 valence electrons. The van der Waals surface area contributed by atoms with Crippen molar-refractivity contribution in [1.82, 2.24) is 0 Å². The van der Waals surface area contributed by atoms with Gasteiger partial charge in [0.25, 0.3) is 15.9 Å². The van der Waals surface area contributed by atoms with Crippen LogP contribution < -0.4 is 24.2 Å². The van der Waals surface area contributed by atoms with Crippen molar-refractivity contribution in [2.24, 2.45) is 0 Å². The Morgan fingerprint density at radius 1 is 0.788 bits per heavy atom. The van der Waals surface area contributed by atoms with Crippen LogP contribution >= 0.6 is 23.2 Å². The molecule has 0 heterocycles. The Hall–Kier alpha value is -3.14. The molecule has 3 rings (SSSR count). The van der Waals surface area contributed by atoms with Gasteiger partial charge in [0.2, 0.25) is 0 Å². The molecule has 33 heavy (non-hydrogen) atoms. The molecule has 0 saturated carbocycles. The zero-order valence-corrected chi connectivity index (χ0v) is 20.1. The predicted molar refractivity (Wildman–Crippen MR) is 128 cm³/mol. The van der Waals surface area contributed by atoms with E-state index in [9.17, 15) is 13.2 Å². The maximum Gasteiger partial charge on any atom is 0.262 e. The molecular weight excluding hydrogens is 491 g/mol. The summed E-state index contributed by atoms with van der Waals surface area (Å²) >= 11 is 11.9. The van der Waals surface area contributed by atoms with Gasteiger partial charge in [0, 0.05) is 22.7 Å². The first-order chi connectivity index (χ1) is 15.7. The highest BCUT2D eigenvalue weighted by molar-refractivity contribution is 7.92. The van der Waals surface area contributed by atoms with Gasteiger partial charge in [-0.15, -0.1) is 0 Å². The zero-order valence-electron chi connectivity index (χ0n) is 17.8. The van der Waals surface area contributed by atoms with Gasteiger partial charge in [-0.25, -0.2) is 8.42 Å². The molecule has 2 N–H and O–H groups in total. The molecule has 0 unspecified atom stereocenters. The first-order valence-electron chi connectivity index (χ1n) is 9.37. The van der Waals surface area contributed by atoms with Gasteiger partial charge < -0.3 is 19.5 Å². The lowest BCUT2D eigenvalue weighted by Gasteiger charge is -2.16. The maximum absolute atomic E-state index is 13.1. The van der Waals surface area contributed by atoms with E-state index in [2.05, 4.69) is 10.0 Å². The lowest BCUT2D eigenvalue weighted by Crippen LogP contribution is -2.16. The second-order valence-corrected chi connectivity index (χ2v) is 9.14. The number of carbonyl (C=O) groups excluding carboxylic acids is 1. The summed E-state index contributed by atoms with van der Waals surface area (Å²) in [6.07, 6.45) is 0. The fourth-order valence-electron chi connectivity index (χ4n) is 2.89. The van der Waals surface area contributed by atoms with Crippen LogP contribution in [0.15, 0.2) is 59.5 Å². The van der Waals surface area contributed by atoms with Crippen LogP contribution in [0.1, 0.15) is 10.4 Å². The number of benzene rings is 3. The quantitative estimate of drug-likeness (QED) is 0.438. The van der Waals surface area contributed by atoms with E-state index in [0.717, 1.165) is 0 Å². The fraction of sp³-hybridized carbons (Fsp3) is 0.136. The predicted octanol–water partition coefficient (Wildman–Crippen LogP) is 5.07. The summed E-state index contributed by atoms with van der Waals surface area (Å²) in [5.74, 6) is 0.286. The number of amides is 1. The lowest BCUT2D eigenvalue weighted by molar-refractivity contribution is 0.102. The SMILES string of the molecule is COc1cc(NS(=O)(=O)c2ccc(OC)c(NC(=O)c3ccc(Cl)cc3)c2)c(OC)cc1Cl. The number of ether oxygens (including phenoxy) is 3. The second-order valence-electron chi connectivity index (χ2n) is 6.62. The molecule has 11 heteroatoms. The van der Waals surface area contributed by atoms with Crippen LogP contribution in [0.25, 0.3) is 0 Å². The van der Waals surface area contributed by atoms with Crippen molar-refractivity contribution in [3.8, 4) is 17.2 Å². The molecule has 0 radical (unpaired) electrons. The summed E-state index contributed by atoms with van der Waals surface area (Å²) in [6.45, 7) is 0. The van der Waals surface area contributed by atoms with Crippen LogP contribution in [0.5, 0.6) is 17.2 Å². The third-order valence-corrected chi connectivity index (χ3v) is 6.46. The van der Waals surface area contributed by atoms with Gasteiger partial charge in [-0.2, -0.15) is 0 Å². The van der Waals surface area contributed by atoms with Gasteiger partial charge in [0.1, 0.15) is 17.2 Å². The first-order valence-corrected chi connectivity index (χ1v) is 11.6. The van der Waals surface area contributed by atoms with Gasteiger partial charge in [-0.05, 0) is 42.5 Å². The van der Waals surface area contributed by atoms with E-state index in [1.165, 1.54) is 51.7 Å². The van der Waals surface area contributed by atoms with Crippen molar-refractivity contribution in [2.45, 2.75) is 4.90 Å². The summed E-state index contributed by atoms with van der Waals surface area (Å²) in [4.78, 5) is 12.5. The molecule has 0 spiro atoms. The Morgan fingerprint density at radius 3 is 2.03 bits per heavy atom. The minimum Gasteiger partial charge on any atom is -0.495 e. The molecule has 3 aromatic rings. The second kappa shape index (κ2) is 10.2. The molecule has 0 saturated heterocycles. The number of anilines is 2. The van der Waals surface area contributed by atoms with Gasteiger partial charge in [0.15, 0.2) is 0 Å². The van der Waals surface area contributed by atoms with Gasteiger partial charge >= 0.3 is 0 Å². The Bertz CT molecular complexity index is 1280. The van der Waals surface area contributed by atoms with E-state index in [1.807, 2.05) is 0 Å². The highest BCUT2D eigenvalue weighted by Gasteiger charge is 2.21. The van der Waals surface area contributed by atoms with Crippen molar-refractivity contribution in [1.29, 1.82) is 0 Å². The Morgan fingerprint density at radius 2 is 1.42 bits per heavy atom. The monoisotopic (exact) mass is 510 g/mol. The summed E-state index contributed by atoms with van der Waals surface area (Å²) < 4.78 is 44.3. The highest BCUT2D eigenvalue weighted by Crippen LogP contribution is 2.37. The molecule has 1 amide bonds. The number of sulfonamides is 1. The highest BCUT2D eigenvalue weighted by atomic mass is 35.5. The van der Waals surface area contributed by atoms with E-state index in [1.54, 1.807) is 24.3 Å².